The third-order valence-corrected chi connectivity index (χ3v) is 5.61. The van der Waals surface area contributed by atoms with Crippen molar-refractivity contribution in [2.45, 2.75) is 51.7 Å². The number of carbonyl (C=O) groups excluding carboxylic acids is 1. The molecule has 3 rings (SSSR count). The predicted molar refractivity (Wildman–Crippen MR) is 122 cm³/mol. The molecule has 7 heteroatoms. The molecule has 6 nitrogen and oxygen atoms in total. The Bertz CT molecular complexity index is 996. The van der Waals surface area contributed by atoms with Crippen molar-refractivity contribution in [3.05, 3.63) is 60.0 Å². The molecule has 0 radical (unpaired) electrons. The summed E-state index contributed by atoms with van der Waals surface area (Å²) < 4.78 is 7.88. The van der Waals surface area contributed by atoms with Crippen LogP contribution in [-0.2, 0) is 10.2 Å². The molecule has 3 aromatic rings. The van der Waals surface area contributed by atoms with E-state index in [-0.39, 0.29) is 17.4 Å². The van der Waals surface area contributed by atoms with Crippen molar-refractivity contribution in [2.24, 2.45) is 0 Å². The number of thioether (sulfide) groups is 1. The van der Waals surface area contributed by atoms with Gasteiger partial charge in [0, 0.05) is 6.20 Å². The summed E-state index contributed by atoms with van der Waals surface area (Å²) in [6, 6.07) is 13.4. The monoisotopic (exact) mass is 426 g/mol. The predicted octanol–water partition coefficient (Wildman–Crippen LogP) is 4.40. The summed E-state index contributed by atoms with van der Waals surface area (Å²) in [6.07, 6.45) is 4.10. The summed E-state index contributed by atoms with van der Waals surface area (Å²) in [6.45, 7) is 8.23. The Hall–Kier alpha value is -2.54. The zero-order valence-electron chi connectivity index (χ0n) is 18.3. The first kappa shape index (κ1) is 22.2. The minimum atomic E-state index is -0.629. The molecule has 0 aliphatic rings. The zero-order chi connectivity index (χ0) is 21.7. The summed E-state index contributed by atoms with van der Waals surface area (Å²) in [5, 5.41) is 11.7. The molecule has 0 saturated carbocycles. The van der Waals surface area contributed by atoms with Gasteiger partial charge in [0.2, 0.25) is 0 Å². The van der Waals surface area contributed by atoms with Crippen LogP contribution in [0.1, 0.15) is 51.5 Å². The van der Waals surface area contributed by atoms with E-state index in [0.717, 1.165) is 23.6 Å². The molecule has 0 fully saturated rings. The summed E-state index contributed by atoms with van der Waals surface area (Å²) in [4.78, 5) is 12.9. The maximum Gasteiger partial charge on any atom is 0.261 e. The number of pyridine rings is 1. The van der Waals surface area contributed by atoms with Gasteiger partial charge in [-0.05, 0) is 60.6 Å². The molecule has 2 heterocycles. The van der Waals surface area contributed by atoms with Gasteiger partial charge in [-0.1, -0.05) is 39.0 Å². The lowest BCUT2D eigenvalue weighted by Crippen LogP contribution is -2.39. The Morgan fingerprint density at radius 3 is 2.73 bits per heavy atom. The quantitative estimate of drug-likeness (QED) is 0.578. The largest absolute Gasteiger partial charge is 0.481 e. The zero-order valence-corrected chi connectivity index (χ0v) is 19.1. The van der Waals surface area contributed by atoms with Gasteiger partial charge in [-0.15, -0.1) is 10.2 Å². The van der Waals surface area contributed by atoms with E-state index in [0.29, 0.717) is 5.75 Å². The first-order chi connectivity index (χ1) is 14.3. The second-order valence-electron chi connectivity index (χ2n) is 8.37. The molecule has 1 aromatic carbocycles. The number of amides is 1. The maximum absolute atomic E-state index is 12.9. The van der Waals surface area contributed by atoms with Crippen LogP contribution in [0.15, 0.2) is 48.7 Å². The van der Waals surface area contributed by atoms with Gasteiger partial charge in [-0.25, -0.2) is 0 Å². The minimum absolute atomic E-state index is 0.0164. The van der Waals surface area contributed by atoms with Gasteiger partial charge in [-0.2, -0.15) is 11.8 Å². The average molecular weight is 427 g/mol. The number of nitrogens with zero attached hydrogens (tertiary/aromatic N) is 3. The van der Waals surface area contributed by atoms with Crippen LogP contribution < -0.4 is 10.1 Å². The van der Waals surface area contributed by atoms with Gasteiger partial charge in [0.25, 0.3) is 5.91 Å². The first-order valence-electron chi connectivity index (χ1n) is 10.2. The summed E-state index contributed by atoms with van der Waals surface area (Å²) >= 11 is 1.73. The fourth-order valence-electron chi connectivity index (χ4n) is 3.18. The highest BCUT2D eigenvalue weighted by Gasteiger charge is 2.24. The Morgan fingerprint density at radius 2 is 2.00 bits per heavy atom. The molecule has 0 saturated heterocycles. The minimum Gasteiger partial charge on any atom is -0.481 e. The smallest absolute Gasteiger partial charge is 0.261 e. The lowest BCUT2D eigenvalue weighted by atomic mass is 9.87. The van der Waals surface area contributed by atoms with Crippen LogP contribution in [0.25, 0.3) is 5.65 Å². The number of ether oxygens (including phenoxy) is 1. The van der Waals surface area contributed by atoms with Crippen molar-refractivity contribution in [1.82, 2.24) is 19.9 Å². The van der Waals surface area contributed by atoms with Crippen molar-refractivity contribution in [1.29, 1.82) is 0 Å². The Kier molecular flexibility index (Phi) is 7.02. The van der Waals surface area contributed by atoms with Gasteiger partial charge in [0.05, 0.1) is 6.04 Å². The van der Waals surface area contributed by atoms with Crippen LogP contribution >= 0.6 is 11.8 Å². The van der Waals surface area contributed by atoms with Crippen LogP contribution in [0.4, 0.5) is 0 Å². The molecule has 1 amide bonds. The number of aromatic nitrogens is 3. The Labute approximate surface area is 182 Å². The Balaban J connectivity index is 1.74. The van der Waals surface area contributed by atoms with Gasteiger partial charge in [0.15, 0.2) is 17.6 Å². The number of fused-ring (bicyclic) bond motifs is 1. The number of hydrogen-bond acceptors (Lipinski definition) is 5. The first-order valence-corrected chi connectivity index (χ1v) is 11.5. The number of carbonyl (C=O) groups is 1. The van der Waals surface area contributed by atoms with Crippen LogP contribution in [0, 0.1) is 0 Å². The van der Waals surface area contributed by atoms with E-state index >= 15 is 0 Å². The van der Waals surface area contributed by atoms with Crippen molar-refractivity contribution in [2.75, 3.05) is 12.0 Å². The molecule has 2 atom stereocenters. The van der Waals surface area contributed by atoms with E-state index in [1.165, 1.54) is 5.56 Å². The van der Waals surface area contributed by atoms with E-state index in [4.69, 9.17) is 4.74 Å². The number of nitrogens with one attached hydrogen (secondary N) is 1. The SMILES string of the molecule is CSCCC(NC(=O)C(C)Oc1cccc(C(C)(C)C)c1)c1nnc2ccccn12. The summed E-state index contributed by atoms with van der Waals surface area (Å²) in [5.41, 5.74) is 1.95. The van der Waals surface area contributed by atoms with Gasteiger partial charge < -0.3 is 10.1 Å². The van der Waals surface area contributed by atoms with E-state index in [2.05, 4.69) is 48.6 Å². The highest BCUT2D eigenvalue weighted by molar-refractivity contribution is 7.98. The molecular weight excluding hydrogens is 396 g/mol. The van der Waals surface area contributed by atoms with Gasteiger partial charge in [0.1, 0.15) is 5.75 Å². The second-order valence-corrected chi connectivity index (χ2v) is 9.35. The fourth-order valence-corrected chi connectivity index (χ4v) is 3.65. The molecule has 160 valence electrons. The van der Waals surface area contributed by atoms with E-state index in [9.17, 15) is 4.79 Å². The standard InChI is InChI=1S/C23H30N4O2S/c1-16(29-18-10-8-9-17(15-18)23(2,3)4)22(28)24-19(12-14-30-5)21-26-25-20-11-6-7-13-27(20)21/h6-11,13,15-16,19H,12,14H2,1-5H3,(H,24,28). The van der Waals surface area contributed by atoms with Crippen LogP contribution in [0.5, 0.6) is 5.75 Å². The third-order valence-electron chi connectivity index (χ3n) is 4.96. The second kappa shape index (κ2) is 9.51. The number of benzene rings is 1. The van der Waals surface area contributed by atoms with Crippen molar-refractivity contribution < 1.29 is 9.53 Å². The Morgan fingerprint density at radius 1 is 1.20 bits per heavy atom. The molecule has 0 aliphatic heterocycles. The topological polar surface area (TPSA) is 68.5 Å². The molecule has 30 heavy (non-hydrogen) atoms. The van der Waals surface area contributed by atoms with Crippen LogP contribution in [-0.4, -0.2) is 38.6 Å². The summed E-state index contributed by atoms with van der Waals surface area (Å²) in [5.74, 6) is 2.15. The molecule has 1 N–H and O–H groups in total. The normalized spacial score (nSPS) is 13.8. The van der Waals surface area contributed by atoms with Crippen molar-refractivity contribution >= 4 is 23.3 Å². The molecule has 0 bridgehead atoms. The van der Waals surface area contributed by atoms with E-state index in [1.54, 1.807) is 18.7 Å². The lowest BCUT2D eigenvalue weighted by Gasteiger charge is -2.22. The van der Waals surface area contributed by atoms with Crippen LogP contribution in [0.3, 0.4) is 0 Å². The molecular formula is C23H30N4O2S. The van der Waals surface area contributed by atoms with E-state index in [1.807, 2.05) is 47.0 Å². The fraction of sp³-hybridized carbons (Fsp3) is 0.435. The van der Waals surface area contributed by atoms with Crippen molar-refractivity contribution in [3.63, 3.8) is 0 Å². The molecule has 2 aromatic heterocycles. The van der Waals surface area contributed by atoms with E-state index < -0.39 is 6.10 Å². The lowest BCUT2D eigenvalue weighted by molar-refractivity contribution is -0.128. The number of hydrogen-bond donors (Lipinski definition) is 1. The average Bonchev–Trinajstić information content (AvgIpc) is 3.14. The summed E-state index contributed by atoms with van der Waals surface area (Å²) in [7, 11) is 0. The highest BCUT2D eigenvalue weighted by atomic mass is 32.2. The highest BCUT2D eigenvalue weighted by Crippen LogP contribution is 2.26. The van der Waals surface area contributed by atoms with Crippen LogP contribution in [0.2, 0.25) is 0 Å². The van der Waals surface area contributed by atoms with Crippen molar-refractivity contribution in [3.8, 4) is 5.75 Å². The molecule has 2 unspecified atom stereocenters. The number of rotatable bonds is 8. The van der Waals surface area contributed by atoms with Gasteiger partial charge in [-0.3, -0.25) is 9.20 Å². The third kappa shape index (κ3) is 5.33. The molecule has 0 spiro atoms. The van der Waals surface area contributed by atoms with Gasteiger partial charge >= 0.3 is 0 Å². The maximum atomic E-state index is 12.9. The molecule has 0 aliphatic carbocycles.